The fourth-order valence-corrected chi connectivity index (χ4v) is 2.73. The van der Waals surface area contributed by atoms with E-state index in [0.29, 0.717) is 19.0 Å². The van der Waals surface area contributed by atoms with Crippen LogP contribution in [0.15, 0.2) is 29.5 Å². The molecular weight excluding hydrogens is 352 g/mol. The molecule has 1 heterocycles. The summed E-state index contributed by atoms with van der Waals surface area (Å²) < 4.78 is 30.2. The number of nitrogens with one attached hydrogen (secondary N) is 1. The Morgan fingerprint density at radius 3 is 2.44 bits per heavy atom. The van der Waals surface area contributed by atoms with Gasteiger partial charge in [-0.2, -0.15) is 5.10 Å². The first kappa shape index (κ1) is 20.8. The second kappa shape index (κ2) is 9.40. The van der Waals surface area contributed by atoms with Crippen molar-refractivity contribution in [2.45, 2.75) is 19.5 Å². The lowest BCUT2D eigenvalue weighted by molar-refractivity contribution is 0.289. The maximum absolute atomic E-state index is 14.2. The summed E-state index contributed by atoms with van der Waals surface area (Å²) in [5.41, 5.74) is 0.0260. The van der Waals surface area contributed by atoms with E-state index in [9.17, 15) is 8.78 Å². The van der Waals surface area contributed by atoms with E-state index < -0.39 is 17.7 Å². The third kappa shape index (κ3) is 5.22. The molecule has 27 heavy (non-hydrogen) atoms. The van der Waals surface area contributed by atoms with Gasteiger partial charge in [0.15, 0.2) is 5.96 Å². The van der Waals surface area contributed by atoms with Crippen LogP contribution in [-0.4, -0.2) is 64.8 Å². The smallest absolute Gasteiger partial charge is 0.194 e. The Morgan fingerprint density at radius 2 is 1.93 bits per heavy atom. The van der Waals surface area contributed by atoms with Crippen molar-refractivity contribution in [3.05, 3.63) is 47.5 Å². The van der Waals surface area contributed by atoms with E-state index in [0.717, 1.165) is 5.82 Å². The van der Waals surface area contributed by atoms with Crippen molar-refractivity contribution in [3.63, 3.8) is 0 Å². The summed E-state index contributed by atoms with van der Waals surface area (Å²) in [4.78, 5) is 12.5. The Morgan fingerprint density at radius 1 is 1.26 bits per heavy atom. The minimum absolute atomic E-state index is 0.0260. The molecule has 1 aromatic heterocycles. The highest BCUT2D eigenvalue weighted by molar-refractivity contribution is 5.79. The van der Waals surface area contributed by atoms with E-state index in [2.05, 4.69) is 20.4 Å². The molecule has 0 aliphatic heterocycles. The number of guanidine groups is 1. The van der Waals surface area contributed by atoms with E-state index in [-0.39, 0.29) is 12.1 Å². The van der Waals surface area contributed by atoms with Crippen LogP contribution in [0.4, 0.5) is 8.78 Å². The van der Waals surface area contributed by atoms with Crippen molar-refractivity contribution >= 4 is 5.96 Å². The standard InChI is InChI=1S/C18H27F2N7/c1-6-21-18(26(4)11-16-23-12-24-27(16)5)22-10-15(25(2)3)17-13(19)8-7-9-14(17)20/h7-9,12,15H,6,10-11H2,1-5H3,(H,21,22). The molecule has 0 aliphatic carbocycles. The topological polar surface area (TPSA) is 61.6 Å². The van der Waals surface area contributed by atoms with Crippen LogP contribution in [0.2, 0.25) is 0 Å². The maximum atomic E-state index is 14.2. The second-order valence-electron chi connectivity index (χ2n) is 6.47. The number of rotatable bonds is 7. The van der Waals surface area contributed by atoms with E-state index in [1.165, 1.54) is 24.5 Å². The van der Waals surface area contributed by atoms with Gasteiger partial charge in [0.1, 0.15) is 23.8 Å². The Kier molecular flexibility index (Phi) is 7.23. The maximum Gasteiger partial charge on any atom is 0.194 e. The molecule has 0 radical (unpaired) electrons. The normalized spacial score (nSPS) is 13.1. The van der Waals surface area contributed by atoms with Gasteiger partial charge in [-0.25, -0.2) is 13.8 Å². The van der Waals surface area contributed by atoms with Crippen molar-refractivity contribution in [2.24, 2.45) is 12.0 Å². The SMILES string of the molecule is CCNC(=NCC(c1c(F)cccc1F)N(C)C)N(C)Cc1ncnn1C. The highest BCUT2D eigenvalue weighted by Gasteiger charge is 2.22. The number of halogens is 2. The van der Waals surface area contributed by atoms with Crippen LogP contribution < -0.4 is 5.32 Å². The summed E-state index contributed by atoms with van der Waals surface area (Å²) in [6.45, 7) is 3.34. The second-order valence-corrected chi connectivity index (χ2v) is 6.47. The van der Waals surface area contributed by atoms with Gasteiger partial charge in [0, 0.05) is 26.2 Å². The molecule has 0 bridgehead atoms. The van der Waals surface area contributed by atoms with Gasteiger partial charge < -0.3 is 15.1 Å². The lowest BCUT2D eigenvalue weighted by Crippen LogP contribution is -2.39. The third-order valence-corrected chi connectivity index (χ3v) is 4.25. The molecule has 148 valence electrons. The number of benzene rings is 1. The first-order chi connectivity index (χ1) is 12.8. The lowest BCUT2D eigenvalue weighted by Gasteiger charge is -2.26. The van der Waals surface area contributed by atoms with Gasteiger partial charge in [0.25, 0.3) is 0 Å². The molecule has 0 fully saturated rings. The van der Waals surface area contributed by atoms with Crippen molar-refractivity contribution in [1.29, 1.82) is 0 Å². The molecule has 0 spiro atoms. The van der Waals surface area contributed by atoms with Crippen LogP contribution in [0.3, 0.4) is 0 Å². The summed E-state index contributed by atoms with van der Waals surface area (Å²) in [5.74, 6) is 0.277. The van der Waals surface area contributed by atoms with Crippen molar-refractivity contribution < 1.29 is 8.78 Å². The Hall–Kier alpha value is -2.55. The van der Waals surface area contributed by atoms with Crippen LogP contribution in [-0.2, 0) is 13.6 Å². The fourth-order valence-electron chi connectivity index (χ4n) is 2.73. The van der Waals surface area contributed by atoms with Gasteiger partial charge in [-0.1, -0.05) is 6.07 Å². The molecule has 2 aromatic rings. The Bertz CT molecular complexity index is 753. The van der Waals surface area contributed by atoms with E-state index in [1.807, 2.05) is 25.9 Å². The molecule has 0 saturated carbocycles. The highest BCUT2D eigenvalue weighted by atomic mass is 19.1. The average molecular weight is 379 g/mol. The summed E-state index contributed by atoms with van der Waals surface area (Å²) >= 11 is 0. The van der Waals surface area contributed by atoms with Gasteiger partial charge in [-0.3, -0.25) is 9.67 Å². The van der Waals surface area contributed by atoms with E-state index >= 15 is 0 Å². The van der Waals surface area contributed by atoms with Crippen molar-refractivity contribution in [1.82, 2.24) is 29.9 Å². The van der Waals surface area contributed by atoms with Gasteiger partial charge in [-0.05, 0) is 33.2 Å². The van der Waals surface area contributed by atoms with Crippen LogP contribution >= 0.6 is 0 Å². The van der Waals surface area contributed by atoms with Crippen molar-refractivity contribution in [2.75, 3.05) is 34.2 Å². The zero-order valence-corrected chi connectivity index (χ0v) is 16.4. The Balaban J connectivity index is 2.23. The van der Waals surface area contributed by atoms with E-state index in [1.54, 1.807) is 23.7 Å². The lowest BCUT2D eigenvalue weighted by atomic mass is 10.0. The number of aryl methyl sites for hydroxylation is 1. The third-order valence-electron chi connectivity index (χ3n) is 4.25. The van der Waals surface area contributed by atoms with Crippen LogP contribution in [0, 0.1) is 11.6 Å². The van der Waals surface area contributed by atoms with Gasteiger partial charge >= 0.3 is 0 Å². The molecule has 0 aliphatic rings. The largest absolute Gasteiger partial charge is 0.357 e. The first-order valence-corrected chi connectivity index (χ1v) is 8.77. The Labute approximate surface area is 158 Å². The molecule has 1 unspecified atom stereocenters. The monoisotopic (exact) mass is 379 g/mol. The number of likely N-dealkylation sites (N-methyl/N-ethyl adjacent to an activating group) is 1. The molecule has 9 heteroatoms. The summed E-state index contributed by atoms with van der Waals surface area (Å²) in [5, 5.41) is 7.26. The number of hydrogen-bond donors (Lipinski definition) is 1. The molecule has 0 amide bonds. The molecule has 1 N–H and O–H groups in total. The predicted molar refractivity (Wildman–Crippen MR) is 101 cm³/mol. The predicted octanol–water partition coefficient (Wildman–Crippen LogP) is 1.79. The average Bonchev–Trinajstić information content (AvgIpc) is 3.00. The molecule has 2 rings (SSSR count). The number of aromatic nitrogens is 3. The minimum atomic E-state index is -0.568. The summed E-state index contributed by atoms with van der Waals surface area (Å²) in [6, 6.07) is 3.37. The summed E-state index contributed by atoms with van der Waals surface area (Å²) in [7, 11) is 7.26. The number of aliphatic imine (C=N–C) groups is 1. The quantitative estimate of drug-likeness (QED) is 0.587. The van der Waals surface area contributed by atoms with E-state index in [4.69, 9.17) is 0 Å². The molecule has 1 atom stereocenters. The first-order valence-electron chi connectivity index (χ1n) is 8.77. The van der Waals surface area contributed by atoms with Crippen molar-refractivity contribution in [3.8, 4) is 0 Å². The van der Waals surface area contributed by atoms with Crippen LogP contribution in [0.1, 0.15) is 24.4 Å². The summed E-state index contributed by atoms with van der Waals surface area (Å²) in [6.07, 6.45) is 1.50. The fraction of sp³-hybridized carbons (Fsp3) is 0.500. The zero-order chi connectivity index (χ0) is 20.0. The molecule has 7 nitrogen and oxygen atoms in total. The van der Waals surface area contributed by atoms with Crippen LogP contribution in [0.25, 0.3) is 0 Å². The van der Waals surface area contributed by atoms with Crippen LogP contribution in [0.5, 0.6) is 0 Å². The number of nitrogens with zero attached hydrogens (tertiary/aromatic N) is 6. The number of hydrogen-bond acceptors (Lipinski definition) is 4. The van der Waals surface area contributed by atoms with Gasteiger partial charge in [0.05, 0.1) is 19.1 Å². The minimum Gasteiger partial charge on any atom is -0.357 e. The molecular formula is C18H27F2N7. The highest BCUT2D eigenvalue weighted by Crippen LogP contribution is 2.24. The van der Waals surface area contributed by atoms with Gasteiger partial charge in [0.2, 0.25) is 0 Å². The zero-order valence-electron chi connectivity index (χ0n) is 16.4. The molecule has 0 saturated heterocycles. The molecule has 1 aromatic carbocycles. The van der Waals surface area contributed by atoms with Gasteiger partial charge in [-0.15, -0.1) is 0 Å².